The molecular formula is C15H25N3O4. The van der Waals surface area contributed by atoms with Crippen LogP contribution in [0.15, 0.2) is 0 Å². The van der Waals surface area contributed by atoms with Gasteiger partial charge in [0.15, 0.2) is 0 Å². The first kappa shape index (κ1) is 18.2. The molecule has 7 nitrogen and oxygen atoms in total. The van der Waals surface area contributed by atoms with E-state index in [-0.39, 0.29) is 30.9 Å². The van der Waals surface area contributed by atoms with Crippen LogP contribution in [0.3, 0.4) is 0 Å². The molecule has 0 saturated carbocycles. The second kappa shape index (κ2) is 7.99. The maximum absolute atomic E-state index is 11.9. The van der Waals surface area contributed by atoms with Gasteiger partial charge in [-0.25, -0.2) is 4.79 Å². The minimum atomic E-state index is -0.559. The van der Waals surface area contributed by atoms with E-state index in [2.05, 4.69) is 11.4 Å². The summed E-state index contributed by atoms with van der Waals surface area (Å²) in [5.41, 5.74) is -0.559. The molecule has 1 fully saturated rings. The lowest BCUT2D eigenvalue weighted by Crippen LogP contribution is -2.52. The Morgan fingerprint density at radius 1 is 1.36 bits per heavy atom. The Hall–Kier alpha value is -1.81. The molecule has 0 bridgehead atoms. The summed E-state index contributed by atoms with van der Waals surface area (Å²) in [4.78, 5) is 25.2. The number of carbonyl (C=O) groups excluding carboxylic acids is 2. The van der Waals surface area contributed by atoms with Crippen molar-refractivity contribution >= 4 is 12.1 Å². The molecule has 0 spiro atoms. The summed E-state index contributed by atoms with van der Waals surface area (Å²) < 4.78 is 9.94. The van der Waals surface area contributed by atoms with Crippen LogP contribution in [-0.4, -0.2) is 55.3 Å². The zero-order chi connectivity index (χ0) is 16.8. The maximum atomic E-state index is 11.9. The van der Waals surface area contributed by atoms with Gasteiger partial charge in [0, 0.05) is 25.6 Å². The van der Waals surface area contributed by atoms with Gasteiger partial charge in [0.1, 0.15) is 5.60 Å². The van der Waals surface area contributed by atoms with Gasteiger partial charge in [0.25, 0.3) is 0 Å². The van der Waals surface area contributed by atoms with Crippen molar-refractivity contribution in [1.82, 2.24) is 10.2 Å². The number of piperidine rings is 1. The third-order valence-electron chi connectivity index (χ3n) is 3.31. The second-order valence-electron chi connectivity index (χ2n) is 6.58. The molecule has 2 unspecified atom stereocenters. The first-order chi connectivity index (χ1) is 10.2. The van der Waals surface area contributed by atoms with Crippen molar-refractivity contribution in [3.05, 3.63) is 0 Å². The number of hydrogen-bond donors (Lipinski definition) is 1. The third kappa shape index (κ3) is 6.76. The van der Waals surface area contributed by atoms with Crippen LogP contribution in [0.25, 0.3) is 0 Å². The molecule has 1 aliphatic heterocycles. The molecular weight excluding hydrogens is 286 g/mol. The van der Waals surface area contributed by atoms with Crippen LogP contribution in [0.2, 0.25) is 0 Å². The lowest BCUT2D eigenvalue weighted by molar-refractivity contribution is -0.142. The summed E-state index contributed by atoms with van der Waals surface area (Å²) >= 11 is 0. The van der Waals surface area contributed by atoms with Gasteiger partial charge >= 0.3 is 12.1 Å². The van der Waals surface area contributed by atoms with E-state index in [1.807, 2.05) is 4.90 Å². The summed E-state index contributed by atoms with van der Waals surface area (Å²) in [5.74, 6) is -0.227. The molecule has 124 valence electrons. The van der Waals surface area contributed by atoms with Crippen molar-refractivity contribution in [2.24, 2.45) is 5.92 Å². The van der Waals surface area contributed by atoms with Crippen LogP contribution in [0.1, 0.15) is 33.6 Å². The highest BCUT2D eigenvalue weighted by Gasteiger charge is 2.30. The Kier molecular flexibility index (Phi) is 6.62. The molecule has 1 heterocycles. The molecule has 1 aliphatic rings. The van der Waals surface area contributed by atoms with E-state index in [0.29, 0.717) is 19.5 Å². The number of likely N-dealkylation sites (tertiary alicyclic amines) is 1. The van der Waals surface area contributed by atoms with Crippen molar-refractivity contribution in [3.63, 3.8) is 0 Å². The maximum Gasteiger partial charge on any atom is 0.407 e. The van der Waals surface area contributed by atoms with Crippen molar-refractivity contribution in [2.75, 3.05) is 26.7 Å². The highest BCUT2D eigenvalue weighted by Crippen LogP contribution is 2.21. The van der Waals surface area contributed by atoms with Gasteiger partial charge in [0.05, 0.1) is 19.7 Å². The first-order valence-electron chi connectivity index (χ1n) is 7.39. The van der Waals surface area contributed by atoms with Crippen LogP contribution >= 0.6 is 0 Å². The van der Waals surface area contributed by atoms with Gasteiger partial charge in [-0.1, -0.05) is 0 Å². The van der Waals surface area contributed by atoms with Crippen LogP contribution in [-0.2, 0) is 14.3 Å². The van der Waals surface area contributed by atoms with Crippen molar-refractivity contribution < 1.29 is 19.1 Å². The highest BCUT2D eigenvalue weighted by atomic mass is 16.6. The number of nitrogens with one attached hydrogen (secondary N) is 1. The number of hydrogen-bond acceptors (Lipinski definition) is 6. The molecule has 7 heteroatoms. The SMILES string of the molecule is COC(=O)CC1CC(NC(=O)OC(C)(C)C)CN(CC#N)C1. The van der Waals surface area contributed by atoms with Gasteiger partial charge in [-0.05, 0) is 33.1 Å². The van der Waals surface area contributed by atoms with Crippen molar-refractivity contribution in [3.8, 4) is 6.07 Å². The number of nitriles is 1. The van der Waals surface area contributed by atoms with Gasteiger partial charge in [-0.15, -0.1) is 0 Å². The average Bonchev–Trinajstić information content (AvgIpc) is 2.36. The number of carbonyl (C=O) groups is 2. The molecule has 1 saturated heterocycles. The second-order valence-corrected chi connectivity index (χ2v) is 6.58. The fourth-order valence-corrected chi connectivity index (χ4v) is 2.58. The molecule has 1 amide bonds. The molecule has 2 atom stereocenters. The average molecular weight is 311 g/mol. The van der Waals surface area contributed by atoms with Crippen LogP contribution in [0.4, 0.5) is 4.79 Å². The minimum absolute atomic E-state index is 0.0505. The monoisotopic (exact) mass is 311 g/mol. The quantitative estimate of drug-likeness (QED) is 0.621. The molecule has 0 aromatic rings. The largest absolute Gasteiger partial charge is 0.469 e. The van der Waals surface area contributed by atoms with Gasteiger partial charge < -0.3 is 14.8 Å². The predicted octanol–water partition coefficient (Wildman–Crippen LogP) is 1.29. The number of rotatable bonds is 4. The summed E-state index contributed by atoms with van der Waals surface area (Å²) in [5, 5.41) is 11.7. The lowest BCUT2D eigenvalue weighted by Gasteiger charge is -2.36. The zero-order valence-electron chi connectivity index (χ0n) is 13.7. The highest BCUT2D eigenvalue weighted by molar-refractivity contribution is 5.70. The number of alkyl carbamates (subject to hydrolysis) is 1. The van der Waals surface area contributed by atoms with E-state index in [0.717, 1.165) is 0 Å². The Morgan fingerprint density at radius 3 is 2.59 bits per heavy atom. The number of esters is 1. The van der Waals surface area contributed by atoms with Crippen molar-refractivity contribution in [2.45, 2.75) is 45.3 Å². The number of nitrogens with zero attached hydrogens (tertiary/aromatic N) is 2. The Bertz CT molecular complexity index is 439. The van der Waals surface area contributed by atoms with E-state index in [1.165, 1.54) is 7.11 Å². The molecule has 0 aromatic heterocycles. The summed E-state index contributed by atoms with van der Waals surface area (Å²) in [7, 11) is 1.36. The van der Waals surface area contributed by atoms with Crippen molar-refractivity contribution in [1.29, 1.82) is 5.26 Å². The normalized spacial score (nSPS) is 22.5. The number of methoxy groups -OCH3 is 1. The molecule has 1 N–H and O–H groups in total. The van der Waals surface area contributed by atoms with Crippen LogP contribution in [0.5, 0.6) is 0 Å². The fraction of sp³-hybridized carbons (Fsp3) is 0.800. The topological polar surface area (TPSA) is 91.7 Å². The smallest absolute Gasteiger partial charge is 0.407 e. The van der Waals surface area contributed by atoms with E-state index in [4.69, 9.17) is 14.7 Å². The van der Waals surface area contributed by atoms with Crippen LogP contribution in [0, 0.1) is 17.2 Å². The standard InChI is InChI=1S/C15H25N3O4/c1-15(2,3)22-14(20)17-12-7-11(8-13(19)21-4)9-18(10-12)6-5-16/h11-12H,6-10H2,1-4H3,(H,17,20). The summed E-state index contributed by atoms with van der Waals surface area (Å²) in [6, 6.07) is 1.96. The molecule has 0 radical (unpaired) electrons. The zero-order valence-corrected chi connectivity index (χ0v) is 13.7. The number of amides is 1. The number of ether oxygens (including phenoxy) is 2. The Labute approximate surface area is 131 Å². The minimum Gasteiger partial charge on any atom is -0.469 e. The molecule has 22 heavy (non-hydrogen) atoms. The van der Waals surface area contributed by atoms with E-state index in [1.54, 1.807) is 20.8 Å². The molecule has 0 aliphatic carbocycles. The van der Waals surface area contributed by atoms with Gasteiger partial charge in [-0.2, -0.15) is 5.26 Å². The van der Waals surface area contributed by atoms with E-state index < -0.39 is 11.7 Å². The van der Waals surface area contributed by atoms with Crippen LogP contribution < -0.4 is 5.32 Å². The Balaban J connectivity index is 2.62. The predicted molar refractivity (Wildman–Crippen MR) is 80.0 cm³/mol. The first-order valence-corrected chi connectivity index (χ1v) is 7.39. The van der Waals surface area contributed by atoms with Gasteiger partial charge in [-0.3, -0.25) is 9.69 Å². The van der Waals surface area contributed by atoms with E-state index >= 15 is 0 Å². The summed E-state index contributed by atoms with van der Waals surface area (Å²) in [6.07, 6.45) is 0.467. The molecule has 1 rings (SSSR count). The fourth-order valence-electron chi connectivity index (χ4n) is 2.58. The lowest BCUT2D eigenvalue weighted by atomic mass is 9.91. The Morgan fingerprint density at radius 2 is 2.05 bits per heavy atom. The molecule has 0 aromatic carbocycles. The summed E-state index contributed by atoms with van der Waals surface area (Å²) in [6.45, 7) is 6.89. The van der Waals surface area contributed by atoms with Gasteiger partial charge in [0.2, 0.25) is 0 Å². The third-order valence-corrected chi connectivity index (χ3v) is 3.31. The van der Waals surface area contributed by atoms with E-state index in [9.17, 15) is 9.59 Å².